The van der Waals surface area contributed by atoms with E-state index in [2.05, 4.69) is 15.3 Å². The first kappa shape index (κ1) is 22.0. The van der Waals surface area contributed by atoms with Crippen molar-refractivity contribution in [3.05, 3.63) is 41.7 Å². The highest BCUT2D eigenvalue weighted by Crippen LogP contribution is 2.32. The fourth-order valence-corrected chi connectivity index (χ4v) is 3.90. The Kier molecular flexibility index (Phi) is 6.57. The average Bonchev–Trinajstić information content (AvgIpc) is 2.81. The van der Waals surface area contributed by atoms with E-state index < -0.39 is 0 Å². The number of nitrogens with zero attached hydrogens (tertiary/aromatic N) is 5. The molecule has 0 aliphatic carbocycles. The smallest absolute Gasteiger partial charge is 0.317 e. The number of rotatable bonds is 5. The van der Waals surface area contributed by atoms with Gasteiger partial charge in [-0.2, -0.15) is 0 Å². The number of ether oxygens (including phenoxy) is 2. The van der Waals surface area contributed by atoms with Crippen LogP contribution in [0.3, 0.4) is 0 Å². The fraction of sp³-hybridized carbons (Fsp3) is 0.364. The van der Waals surface area contributed by atoms with Crippen LogP contribution in [0.25, 0.3) is 22.3 Å². The lowest BCUT2D eigenvalue weighted by atomic mass is 10.1. The molecule has 3 aromatic rings. The van der Waals surface area contributed by atoms with Gasteiger partial charge < -0.3 is 24.6 Å². The van der Waals surface area contributed by atoms with Crippen molar-refractivity contribution in [3.8, 4) is 17.1 Å². The monoisotopic (exact) mass is 456 g/mol. The number of nitrogens with one attached hydrogen (secondary N) is 1. The van der Waals surface area contributed by atoms with Gasteiger partial charge in [0.05, 0.1) is 35.1 Å². The van der Waals surface area contributed by atoms with Gasteiger partial charge in [-0.25, -0.2) is 14.8 Å². The lowest BCUT2D eigenvalue weighted by Gasteiger charge is -2.32. The van der Waals surface area contributed by atoms with Gasteiger partial charge in [-0.15, -0.1) is 0 Å². The summed E-state index contributed by atoms with van der Waals surface area (Å²) in [6.07, 6.45) is 2.96. The molecule has 3 heterocycles. The molecule has 168 valence electrons. The van der Waals surface area contributed by atoms with Gasteiger partial charge in [0.25, 0.3) is 0 Å². The highest BCUT2D eigenvalue weighted by atomic mass is 35.5. The molecular weight excluding hydrogens is 432 g/mol. The molecule has 1 atom stereocenters. The molecule has 0 saturated carbocycles. The predicted octanol–water partition coefficient (Wildman–Crippen LogP) is 2.83. The van der Waals surface area contributed by atoms with Crippen molar-refractivity contribution in [2.75, 3.05) is 52.3 Å². The first-order chi connectivity index (χ1) is 15.5. The van der Waals surface area contributed by atoms with Gasteiger partial charge in [0.1, 0.15) is 12.7 Å². The second-order valence-electron chi connectivity index (χ2n) is 7.60. The summed E-state index contributed by atoms with van der Waals surface area (Å²) in [6.45, 7) is 1.66. The fourth-order valence-electron chi connectivity index (χ4n) is 3.56. The number of halogens is 1. The van der Waals surface area contributed by atoms with E-state index in [9.17, 15) is 4.79 Å². The summed E-state index contributed by atoms with van der Waals surface area (Å²) in [5.74, 6) is 0.360. The quantitative estimate of drug-likeness (QED) is 0.631. The molecule has 9 nitrogen and oxygen atoms in total. The lowest BCUT2D eigenvalue weighted by Crippen LogP contribution is -2.50. The summed E-state index contributed by atoms with van der Waals surface area (Å²) in [5, 5.41) is 3.27. The van der Waals surface area contributed by atoms with Crippen molar-refractivity contribution in [2.45, 2.75) is 6.10 Å². The van der Waals surface area contributed by atoms with Crippen LogP contribution in [0.2, 0.25) is 5.02 Å². The number of benzene rings is 1. The minimum absolute atomic E-state index is 0.132. The number of anilines is 1. The molecule has 1 aliphatic rings. The zero-order chi connectivity index (χ0) is 22.7. The molecule has 1 unspecified atom stereocenters. The molecule has 0 spiro atoms. The number of hydrogen-bond donors (Lipinski definition) is 1. The molecule has 10 heteroatoms. The maximum absolute atomic E-state index is 11.9. The second-order valence-corrected chi connectivity index (χ2v) is 8.01. The van der Waals surface area contributed by atoms with E-state index in [-0.39, 0.29) is 18.7 Å². The van der Waals surface area contributed by atoms with Crippen molar-refractivity contribution in [1.82, 2.24) is 25.2 Å². The van der Waals surface area contributed by atoms with E-state index in [4.69, 9.17) is 26.1 Å². The number of pyridine rings is 1. The number of aromatic nitrogens is 3. The summed E-state index contributed by atoms with van der Waals surface area (Å²) in [4.78, 5) is 29.1. The van der Waals surface area contributed by atoms with Gasteiger partial charge in [-0.1, -0.05) is 17.7 Å². The van der Waals surface area contributed by atoms with Gasteiger partial charge in [-0.3, -0.25) is 4.98 Å². The number of carbonyl (C=O) groups excluding carboxylic acids is 1. The Hall–Kier alpha value is -3.17. The topological polar surface area (TPSA) is 92.7 Å². The molecule has 1 aliphatic heterocycles. The largest absolute Gasteiger partial charge is 0.473 e. The van der Waals surface area contributed by atoms with E-state index in [0.29, 0.717) is 47.3 Å². The molecule has 0 bridgehead atoms. The van der Waals surface area contributed by atoms with Crippen LogP contribution in [-0.4, -0.2) is 79.4 Å². The van der Waals surface area contributed by atoms with Crippen LogP contribution in [0.1, 0.15) is 0 Å². The highest BCUT2D eigenvalue weighted by molar-refractivity contribution is 6.33. The average molecular weight is 457 g/mol. The van der Waals surface area contributed by atoms with Crippen molar-refractivity contribution < 1.29 is 14.3 Å². The van der Waals surface area contributed by atoms with E-state index >= 15 is 0 Å². The molecule has 32 heavy (non-hydrogen) atoms. The van der Waals surface area contributed by atoms with Gasteiger partial charge in [0, 0.05) is 45.6 Å². The van der Waals surface area contributed by atoms with Crippen molar-refractivity contribution in [3.63, 3.8) is 0 Å². The van der Waals surface area contributed by atoms with Crippen LogP contribution < -0.4 is 15.0 Å². The Morgan fingerprint density at radius 3 is 2.88 bits per heavy atom. The predicted molar refractivity (Wildman–Crippen MR) is 123 cm³/mol. The summed E-state index contributed by atoms with van der Waals surface area (Å²) in [5.41, 5.74) is 3.67. The number of carbonyl (C=O) groups is 1. The van der Waals surface area contributed by atoms with Gasteiger partial charge in [-0.05, 0) is 18.2 Å². The van der Waals surface area contributed by atoms with Gasteiger partial charge in [0.2, 0.25) is 5.88 Å². The molecule has 0 radical (unpaired) electrons. The van der Waals surface area contributed by atoms with E-state index in [1.54, 1.807) is 24.3 Å². The van der Waals surface area contributed by atoms with Crippen molar-refractivity contribution in [2.24, 2.45) is 0 Å². The zero-order valence-electron chi connectivity index (χ0n) is 18.2. The maximum atomic E-state index is 11.9. The number of fused-ring (bicyclic) bond motifs is 1. The lowest BCUT2D eigenvalue weighted by molar-refractivity contribution is -0.0354. The van der Waals surface area contributed by atoms with Crippen molar-refractivity contribution >= 4 is 34.4 Å². The SMILES string of the molecule is CNC(=O)N1CCOC(COc2nc(-c3ccc(N(C)C)c(Cl)c3)cc3nccnc23)C1. The molecule has 2 aromatic heterocycles. The van der Waals surface area contributed by atoms with Crippen molar-refractivity contribution in [1.29, 1.82) is 0 Å². The van der Waals surface area contributed by atoms with Crippen LogP contribution in [0.15, 0.2) is 36.7 Å². The summed E-state index contributed by atoms with van der Waals surface area (Å²) in [6, 6.07) is 7.51. The zero-order valence-corrected chi connectivity index (χ0v) is 19.0. The molecule has 1 aromatic carbocycles. The van der Waals surface area contributed by atoms with Crippen LogP contribution in [0.4, 0.5) is 10.5 Å². The number of amides is 2. The first-order valence-corrected chi connectivity index (χ1v) is 10.6. The maximum Gasteiger partial charge on any atom is 0.317 e. The third-order valence-electron chi connectivity index (χ3n) is 5.20. The van der Waals surface area contributed by atoms with Gasteiger partial charge >= 0.3 is 6.03 Å². The third-order valence-corrected chi connectivity index (χ3v) is 5.50. The normalized spacial score (nSPS) is 16.1. The van der Waals surface area contributed by atoms with E-state index in [1.807, 2.05) is 43.3 Å². The summed E-state index contributed by atoms with van der Waals surface area (Å²) in [7, 11) is 5.49. The number of morpholine rings is 1. The molecule has 1 N–H and O–H groups in total. The summed E-state index contributed by atoms with van der Waals surface area (Å²) < 4.78 is 11.8. The Morgan fingerprint density at radius 2 is 2.12 bits per heavy atom. The Labute approximate surface area is 191 Å². The van der Waals surface area contributed by atoms with Gasteiger partial charge in [0.15, 0.2) is 5.52 Å². The molecule has 4 rings (SSSR count). The third kappa shape index (κ3) is 4.68. The van der Waals surface area contributed by atoms with E-state index in [0.717, 1.165) is 11.3 Å². The summed E-state index contributed by atoms with van der Waals surface area (Å²) >= 11 is 6.46. The molecule has 1 saturated heterocycles. The van der Waals surface area contributed by atoms with Crippen LogP contribution in [0, 0.1) is 0 Å². The Bertz CT molecular complexity index is 1130. The standard InChI is InChI=1S/C22H25ClN6O3/c1-24-22(30)29-8-9-31-15(12-29)13-32-21-20-18(25-6-7-26-20)11-17(27-21)14-4-5-19(28(2)3)16(23)10-14/h4-7,10-11,15H,8-9,12-13H2,1-3H3,(H,24,30). The van der Waals surface area contributed by atoms with Crippen LogP contribution >= 0.6 is 11.6 Å². The minimum atomic E-state index is -0.271. The highest BCUT2D eigenvalue weighted by Gasteiger charge is 2.25. The Balaban J connectivity index is 1.60. The van der Waals surface area contributed by atoms with Crippen LogP contribution in [-0.2, 0) is 4.74 Å². The van der Waals surface area contributed by atoms with E-state index in [1.165, 1.54) is 0 Å². The number of urea groups is 1. The second kappa shape index (κ2) is 9.54. The Morgan fingerprint density at radius 1 is 1.31 bits per heavy atom. The minimum Gasteiger partial charge on any atom is -0.473 e. The van der Waals surface area contributed by atoms with Crippen LogP contribution in [0.5, 0.6) is 5.88 Å². The number of hydrogen-bond acceptors (Lipinski definition) is 7. The molecular formula is C22H25ClN6O3. The first-order valence-electron chi connectivity index (χ1n) is 10.3. The molecule has 1 fully saturated rings. The molecule has 2 amide bonds.